The largest absolute Gasteiger partial charge is 0.350 e. The lowest BCUT2D eigenvalue weighted by atomic mass is 10.0. The normalized spacial score (nSPS) is 14.0. The van der Waals surface area contributed by atoms with Gasteiger partial charge in [0.1, 0.15) is 6.04 Å². The number of rotatable bonds is 8. The molecular formula is C27H26ClN3O3. The van der Waals surface area contributed by atoms with E-state index in [1.165, 1.54) is 0 Å². The predicted molar refractivity (Wildman–Crippen MR) is 133 cm³/mol. The van der Waals surface area contributed by atoms with Crippen LogP contribution in [0.2, 0.25) is 5.02 Å². The van der Waals surface area contributed by atoms with Gasteiger partial charge in [0.2, 0.25) is 11.8 Å². The zero-order valence-corrected chi connectivity index (χ0v) is 19.4. The number of carbonyl (C=O) groups excluding carboxylic acids is 3. The first kappa shape index (κ1) is 23.5. The van der Waals surface area contributed by atoms with Gasteiger partial charge in [-0.3, -0.25) is 14.4 Å². The van der Waals surface area contributed by atoms with E-state index in [4.69, 9.17) is 11.6 Å². The summed E-state index contributed by atoms with van der Waals surface area (Å²) >= 11 is 5.92. The van der Waals surface area contributed by atoms with Crippen molar-refractivity contribution in [3.8, 4) is 0 Å². The predicted octanol–water partition coefficient (Wildman–Crippen LogP) is 4.12. The van der Waals surface area contributed by atoms with Crippen LogP contribution in [0.4, 0.5) is 5.69 Å². The van der Waals surface area contributed by atoms with Gasteiger partial charge in [0.25, 0.3) is 5.91 Å². The summed E-state index contributed by atoms with van der Waals surface area (Å²) in [6, 6.07) is 22.9. The van der Waals surface area contributed by atoms with Gasteiger partial charge in [-0.15, -0.1) is 0 Å². The second-order valence-corrected chi connectivity index (χ2v) is 8.69. The minimum atomic E-state index is -0.743. The van der Waals surface area contributed by atoms with Crippen LogP contribution in [0.25, 0.3) is 0 Å². The molecule has 1 unspecified atom stereocenters. The van der Waals surface area contributed by atoms with E-state index in [1.807, 2.05) is 54.6 Å². The molecule has 1 heterocycles. The molecule has 3 amide bonds. The Morgan fingerprint density at radius 2 is 1.62 bits per heavy atom. The van der Waals surface area contributed by atoms with E-state index in [0.29, 0.717) is 30.0 Å². The highest BCUT2D eigenvalue weighted by Gasteiger charge is 2.23. The Morgan fingerprint density at radius 1 is 0.912 bits per heavy atom. The summed E-state index contributed by atoms with van der Waals surface area (Å²) in [6.45, 7) is 1.05. The summed E-state index contributed by atoms with van der Waals surface area (Å²) in [7, 11) is 0. The van der Waals surface area contributed by atoms with Crippen molar-refractivity contribution < 1.29 is 14.4 Å². The molecule has 1 fully saturated rings. The summed E-state index contributed by atoms with van der Waals surface area (Å²) in [6.07, 6.45) is 1.82. The second-order valence-electron chi connectivity index (χ2n) is 8.26. The Kier molecular flexibility index (Phi) is 7.60. The summed E-state index contributed by atoms with van der Waals surface area (Å²) < 4.78 is 0. The zero-order chi connectivity index (χ0) is 23.9. The van der Waals surface area contributed by atoms with Crippen molar-refractivity contribution in [1.29, 1.82) is 0 Å². The highest BCUT2D eigenvalue weighted by Crippen LogP contribution is 2.21. The summed E-state index contributed by atoms with van der Waals surface area (Å²) in [4.78, 5) is 39.5. The van der Waals surface area contributed by atoms with Gasteiger partial charge in [-0.1, -0.05) is 54.1 Å². The third-order valence-corrected chi connectivity index (χ3v) is 6.05. The Labute approximate surface area is 203 Å². The molecule has 1 aliphatic heterocycles. The van der Waals surface area contributed by atoms with Gasteiger partial charge in [-0.2, -0.15) is 0 Å². The average Bonchev–Trinajstić information content (AvgIpc) is 3.29. The van der Waals surface area contributed by atoms with Gasteiger partial charge in [-0.05, 0) is 53.9 Å². The van der Waals surface area contributed by atoms with Crippen molar-refractivity contribution in [3.63, 3.8) is 0 Å². The summed E-state index contributed by atoms with van der Waals surface area (Å²) in [5, 5.41) is 6.32. The Morgan fingerprint density at radius 3 is 2.26 bits per heavy atom. The summed E-state index contributed by atoms with van der Waals surface area (Å²) in [5.74, 6) is -0.474. The number of halogens is 1. The second kappa shape index (κ2) is 11.0. The van der Waals surface area contributed by atoms with Crippen LogP contribution in [-0.4, -0.2) is 30.3 Å². The van der Waals surface area contributed by atoms with Crippen molar-refractivity contribution in [2.45, 2.75) is 31.8 Å². The molecule has 174 valence electrons. The molecule has 0 aromatic heterocycles. The van der Waals surface area contributed by atoms with E-state index < -0.39 is 6.04 Å². The first-order chi connectivity index (χ1) is 16.5. The number of anilines is 1. The number of hydrogen-bond acceptors (Lipinski definition) is 3. The van der Waals surface area contributed by atoms with Gasteiger partial charge in [-0.25, -0.2) is 0 Å². The molecule has 1 aliphatic rings. The first-order valence-corrected chi connectivity index (χ1v) is 11.6. The van der Waals surface area contributed by atoms with Crippen LogP contribution in [0.5, 0.6) is 0 Å². The van der Waals surface area contributed by atoms with Crippen LogP contribution < -0.4 is 15.5 Å². The SMILES string of the molecule is O=C(NC(Cc1ccccc1)C(=O)NCc1ccc(N2CCCC2=O)cc1)c1ccc(Cl)cc1. The molecule has 0 spiro atoms. The maximum atomic E-state index is 13.1. The molecule has 0 saturated carbocycles. The van der Waals surface area contributed by atoms with Crippen molar-refractivity contribution in [2.24, 2.45) is 0 Å². The molecule has 0 bridgehead atoms. The molecular weight excluding hydrogens is 450 g/mol. The molecule has 3 aromatic carbocycles. The van der Waals surface area contributed by atoms with Crippen molar-refractivity contribution in [1.82, 2.24) is 10.6 Å². The topological polar surface area (TPSA) is 78.5 Å². The molecule has 7 heteroatoms. The molecule has 1 atom stereocenters. The van der Waals surface area contributed by atoms with Gasteiger partial charge in [0.05, 0.1) is 0 Å². The highest BCUT2D eigenvalue weighted by atomic mass is 35.5. The molecule has 2 N–H and O–H groups in total. The van der Waals surface area contributed by atoms with E-state index in [1.54, 1.807) is 29.2 Å². The van der Waals surface area contributed by atoms with E-state index in [9.17, 15) is 14.4 Å². The number of carbonyl (C=O) groups is 3. The average molecular weight is 476 g/mol. The first-order valence-electron chi connectivity index (χ1n) is 11.3. The number of hydrogen-bond donors (Lipinski definition) is 2. The molecule has 3 aromatic rings. The Hall–Kier alpha value is -3.64. The molecule has 4 rings (SSSR count). The molecule has 6 nitrogen and oxygen atoms in total. The van der Waals surface area contributed by atoms with Crippen LogP contribution in [-0.2, 0) is 22.6 Å². The van der Waals surface area contributed by atoms with Crippen LogP contribution >= 0.6 is 11.6 Å². The minimum absolute atomic E-state index is 0.140. The quantitative estimate of drug-likeness (QED) is 0.514. The van der Waals surface area contributed by atoms with Crippen molar-refractivity contribution >= 4 is 35.0 Å². The molecule has 0 radical (unpaired) electrons. The minimum Gasteiger partial charge on any atom is -0.350 e. The number of benzene rings is 3. The van der Waals surface area contributed by atoms with Crippen molar-refractivity contribution in [3.05, 3.63) is 101 Å². The van der Waals surface area contributed by atoms with Gasteiger partial charge in [0.15, 0.2) is 0 Å². The lowest BCUT2D eigenvalue weighted by Crippen LogP contribution is -2.47. The molecule has 1 saturated heterocycles. The zero-order valence-electron chi connectivity index (χ0n) is 18.7. The Balaban J connectivity index is 1.41. The number of nitrogens with one attached hydrogen (secondary N) is 2. The van der Waals surface area contributed by atoms with E-state index in [-0.39, 0.29) is 17.7 Å². The fourth-order valence-electron chi connectivity index (χ4n) is 3.93. The van der Waals surface area contributed by atoms with E-state index in [0.717, 1.165) is 29.8 Å². The Bertz CT molecular complexity index is 1150. The standard InChI is InChI=1S/C27H26ClN3O3/c28-22-12-10-21(11-13-22)26(33)30-24(17-19-5-2-1-3-6-19)27(34)29-18-20-8-14-23(15-9-20)31-16-4-7-25(31)32/h1-3,5-6,8-15,24H,4,7,16-18H2,(H,29,34)(H,30,33). The number of amides is 3. The monoisotopic (exact) mass is 475 g/mol. The van der Waals surface area contributed by atoms with Crippen LogP contribution in [0, 0.1) is 0 Å². The van der Waals surface area contributed by atoms with Gasteiger partial charge in [0, 0.05) is 42.2 Å². The van der Waals surface area contributed by atoms with Crippen molar-refractivity contribution in [2.75, 3.05) is 11.4 Å². The smallest absolute Gasteiger partial charge is 0.251 e. The van der Waals surface area contributed by atoms with E-state index in [2.05, 4.69) is 10.6 Å². The maximum Gasteiger partial charge on any atom is 0.251 e. The van der Waals surface area contributed by atoms with Crippen LogP contribution in [0.15, 0.2) is 78.9 Å². The molecule has 34 heavy (non-hydrogen) atoms. The third kappa shape index (κ3) is 6.02. The lowest BCUT2D eigenvalue weighted by molar-refractivity contribution is -0.123. The van der Waals surface area contributed by atoms with E-state index >= 15 is 0 Å². The fourth-order valence-corrected chi connectivity index (χ4v) is 4.06. The van der Waals surface area contributed by atoms with Crippen LogP contribution in [0.1, 0.15) is 34.3 Å². The molecule has 0 aliphatic carbocycles. The lowest BCUT2D eigenvalue weighted by Gasteiger charge is -2.19. The van der Waals surface area contributed by atoms with Gasteiger partial charge < -0.3 is 15.5 Å². The third-order valence-electron chi connectivity index (χ3n) is 5.80. The fraction of sp³-hybridized carbons (Fsp3) is 0.222. The summed E-state index contributed by atoms with van der Waals surface area (Å²) in [5.41, 5.74) is 3.15. The number of nitrogens with zero attached hydrogens (tertiary/aromatic N) is 1. The van der Waals surface area contributed by atoms with Gasteiger partial charge >= 0.3 is 0 Å². The maximum absolute atomic E-state index is 13.1. The van der Waals surface area contributed by atoms with Crippen LogP contribution in [0.3, 0.4) is 0 Å². The highest BCUT2D eigenvalue weighted by molar-refractivity contribution is 6.30.